The molecule has 3 N–H and O–H groups in total. The molecule has 2 aromatic heterocycles. The van der Waals surface area contributed by atoms with Crippen molar-refractivity contribution in [2.75, 3.05) is 0 Å². The Balaban J connectivity index is 1.88. The quantitative estimate of drug-likeness (QED) is 0.572. The van der Waals surface area contributed by atoms with Gasteiger partial charge in [0, 0.05) is 12.0 Å². The predicted molar refractivity (Wildman–Crippen MR) is 77.1 cm³/mol. The number of nitrogens with one attached hydrogen (secondary N) is 1. The molecule has 0 spiro atoms. The van der Waals surface area contributed by atoms with Crippen LogP contribution in [-0.2, 0) is 6.42 Å². The van der Waals surface area contributed by atoms with E-state index in [1.807, 2.05) is 24.3 Å². The summed E-state index contributed by atoms with van der Waals surface area (Å²) in [6.07, 6.45) is 2.23. The Morgan fingerprint density at radius 1 is 1.37 bits per heavy atom. The summed E-state index contributed by atoms with van der Waals surface area (Å²) >= 11 is 7.64. The molecule has 0 aliphatic carbocycles. The zero-order valence-electron chi connectivity index (χ0n) is 9.97. The summed E-state index contributed by atoms with van der Waals surface area (Å²) < 4.78 is 6.27. The van der Waals surface area contributed by atoms with Gasteiger partial charge in [0.2, 0.25) is 0 Å². The predicted octanol–water partition coefficient (Wildman–Crippen LogP) is 3.29. The summed E-state index contributed by atoms with van der Waals surface area (Å²) in [7, 11) is 0. The summed E-state index contributed by atoms with van der Waals surface area (Å²) in [6.45, 7) is 0. The highest BCUT2D eigenvalue weighted by Crippen LogP contribution is 2.29. The number of para-hydroxylation sites is 1. The monoisotopic (exact) mass is 293 g/mol. The number of benzene rings is 1. The number of hydrogen-bond donors (Lipinski definition) is 2. The van der Waals surface area contributed by atoms with E-state index >= 15 is 0 Å². The second kappa shape index (κ2) is 5.30. The number of aromatic nitrogens is 1. The first kappa shape index (κ1) is 12.6. The average Bonchev–Trinajstić information content (AvgIpc) is 3.01. The van der Waals surface area contributed by atoms with Crippen LogP contribution in [0, 0.1) is 0 Å². The molecule has 3 rings (SSSR count). The van der Waals surface area contributed by atoms with Crippen molar-refractivity contribution < 1.29 is 4.42 Å². The maximum absolute atomic E-state index is 5.98. The number of halogens is 1. The normalized spacial score (nSPS) is 12.9. The van der Waals surface area contributed by atoms with Gasteiger partial charge >= 0.3 is 0 Å². The number of furan rings is 1. The zero-order chi connectivity index (χ0) is 13.2. The minimum Gasteiger partial charge on any atom is -0.453 e. The van der Waals surface area contributed by atoms with Gasteiger partial charge in [-0.05, 0) is 29.8 Å². The first-order chi connectivity index (χ1) is 9.28. The van der Waals surface area contributed by atoms with Crippen molar-refractivity contribution >= 4 is 33.2 Å². The summed E-state index contributed by atoms with van der Waals surface area (Å²) in [6, 6.07) is 9.77. The minimum absolute atomic E-state index is 0.105. The first-order valence-corrected chi connectivity index (χ1v) is 7.01. The van der Waals surface area contributed by atoms with Gasteiger partial charge in [-0.25, -0.2) is 4.98 Å². The topological polar surface area (TPSA) is 64.1 Å². The Bertz CT molecular complexity index is 661. The molecule has 6 heteroatoms. The van der Waals surface area contributed by atoms with E-state index in [0.717, 1.165) is 16.1 Å². The van der Waals surface area contributed by atoms with Crippen molar-refractivity contribution in [3.05, 3.63) is 52.4 Å². The second-order valence-electron chi connectivity index (χ2n) is 4.15. The maximum atomic E-state index is 5.98. The van der Waals surface area contributed by atoms with Crippen LogP contribution in [0.3, 0.4) is 0 Å². The van der Waals surface area contributed by atoms with Crippen molar-refractivity contribution in [3.63, 3.8) is 0 Å². The molecule has 1 atom stereocenters. The molecule has 0 aliphatic heterocycles. The van der Waals surface area contributed by atoms with E-state index in [2.05, 4.69) is 16.5 Å². The Morgan fingerprint density at radius 2 is 2.21 bits per heavy atom. The number of thiazole rings is 1. The Morgan fingerprint density at radius 3 is 2.89 bits per heavy atom. The lowest BCUT2D eigenvalue weighted by Crippen LogP contribution is -2.29. The summed E-state index contributed by atoms with van der Waals surface area (Å²) in [5, 5.41) is 1.38. The van der Waals surface area contributed by atoms with Gasteiger partial charge in [-0.15, -0.1) is 11.3 Å². The fraction of sp³-hybridized carbons (Fsp3) is 0.154. The molecule has 0 saturated carbocycles. The number of hydrogen-bond acceptors (Lipinski definition) is 5. The average molecular weight is 294 g/mol. The van der Waals surface area contributed by atoms with Crippen LogP contribution in [0.15, 0.2) is 41.0 Å². The van der Waals surface area contributed by atoms with Crippen molar-refractivity contribution in [1.29, 1.82) is 0 Å². The lowest BCUT2D eigenvalue weighted by molar-refractivity contribution is 0.526. The highest BCUT2D eigenvalue weighted by molar-refractivity contribution is 7.18. The van der Waals surface area contributed by atoms with Gasteiger partial charge in [0.25, 0.3) is 0 Å². The van der Waals surface area contributed by atoms with E-state index in [0.29, 0.717) is 11.6 Å². The number of hydrazine groups is 1. The number of nitrogens with two attached hydrogens (primary N) is 1. The molecule has 2 heterocycles. The van der Waals surface area contributed by atoms with Gasteiger partial charge in [-0.2, -0.15) is 0 Å². The van der Waals surface area contributed by atoms with Gasteiger partial charge < -0.3 is 4.42 Å². The van der Waals surface area contributed by atoms with E-state index in [1.165, 1.54) is 4.70 Å². The molecule has 1 unspecified atom stereocenters. The van der Waals surface area contributed by atoms with Crippen molar-refractivity contribution in [2.45, 2.75) is 12.5 Å². The van der Waals surface area contributed by atoms with Crippen molar-refractivity contribution in [3.8, 4) is 0 Å². The van der Waals surface area contributed by atoms with Crippen LogP contribution in [0.2, 0.25) is 5.22 Å². The van der Waals surface area contributed by atoms with E-state index in [4.69, 9.17) is 21.9 Å². The third-order valence-electron chi connectivity index (χ3n) is 2.94. The summed E-state index contributed by atoms with van der Waals surface area (Å²) in [5.74, 6) is 5.60. The van der Waals surface area contributed by atoms with Gasteiger partial charge in [-0.1, -0.05) is 12.1 Å². The fourth-order valence-electron chi connectivity index (χ4n) is 1.99. The van der Waals surface area contributed by atoms with Crippen LogP contribution in [0.1, 0.15) is 16.6 Å². The van der Waals surface area contributed by atoms with Gasteiger partial charge in [0.1, 0.15) is 0 Å². The molecule has 19 heavy (non-hydrogen) atoms. The molecule has 0 bridgehead atoms. The van der Waals surface area contributed by atoms with Crippen LogP contribution in [0.25, 0.3) is 10.2 Å². The third kappa shape index (κ3) is 2.50. The number of fused-ring (bicyclic) bond motifs is 1. The molecule has 4 nitrogen and oxygen atoms in total. The molecule has 0 radical (unpaired) electrons. The highest BCUT2D eigenvalue weighted by Gasteiger charge is 2.18. The molecule has 0 fully saturated rings. The van der Waals surface area contributed by atoms with Crippen LogP contribution >= 0.6 is 22.9 Å². The Labute approximate surface area is 119 Å². The van der Waals surface area contributed by atoms with Crippen LogP contribution in [0.4, 0.5) is 0 Å². The van der Waals surface area contributed by atoms with Crippen LogP contribution in [0.5, 0.6) is 0 Å². The molecular weight excluding hydrogens is 282 g/mol. The van der Waals surface area contributed by atoms with E-state index in [1.54, 1.807) is 17.6 Å². The largest absolute Gasteiger partial charge is 0.453 e. The van der Waals surface area contributed by atoms with Crippen LogP contribution in [-0.4, -0.2) is 4.98 Å². The lowest BCUT2D eigenvalue weighted by atomic mass is 10.1. The maximum Gasteiger partial charge on any atom is 0.197 e. The Hall–Kier alpha value is -1.40. The van der Waals surface area contributed by atoms with E-state index in [-0.39, 0.29) is 6.04 Å². The molecule has 0 aliphatic rings. The van der Waals surface area contributed by atoms with Crippen molar-refractivity contribution in [2.24, 2.45) is 5.84 Å². The fourth-order valence-corrected chi connectivity index (χ4v) is 3.25. The number of rotatable bonds is 4. The molecular formula is C13H12ClN3OS. The molecule has 0 saturated heterocycles. The number of nitrogens with zero attached hydrogens (tertiary/aromatic N) is 1. The molecule has 1 aromatic carbocycles. The molecule has 0 amide bonds. The van der Waals surface area contributed by atoms with Crippen molar-refractivity contribution in [1.82, 2.24) is 10.4 Å². The standard InChI is InChI=1S/C13H12ClN3OS/c14-13-8(5-6-18-13)10(17-15)7-12-16-9-3-1-2-4-11(9)19-12/h1-6,10,17H,7,15H2. The lowest BCUT2D eigenvalue weighted by Gasteiger charge is -2.12. The second-order valence-corrected chi connectivity index (χ2v) is 5.61. The molecule has 3 aromatic rings. The zero-order valence-corrected chi connectivity index (χ0v) is 11.5. The van der Waals surface area contributed by atoms with E-state index < -0.39 is 0 Å². The smallest absolute Gasteiger partial charge is 0.197 e. The van der Waals surface area contributed by atoms with Gasteiger partial charge in [0.15, 0.2) is 5.22 Å². The van der Waals surface area contributed by atoms with Gasteiger partial charge in [-0.3, -0.25) is 11.3 Å². The highest BCUT2D eigenvalue weighted by atomic mass is 35.5. The van der Waals surface area contributed by atoms with E-state index in [9.17, 15) is 0 Å². The summed E-state index contributed by atoms with van der Waals surface area (Å²) in [4.78, 5) is 4.59. The van der Waals surface area contributed by atoms with Gasteiger partial charge in [0.05, 0.1) is 27.5 Å². The Kier molecular flexibility index (Phi) is 3.52. The third-order valence-corrected chi connectivity index (χ3v) is 4.31. The summed E-state index contributed by atoms with van der Waals surface area (Å²) in [5.41, 5.74) is 4.62. The molecule has 98 valence electrons. The minimum atomic E-state index is -0.105. The van der Waals surface area contributed by atoms with Crippen LogP contribution < -0.4 is 11.3 Å². The first-order valence-electron chi connectivity index (χ1n) is 5.81. The SMILES string of the molecule is NNC(Cc1nc2ccccc2s1)c1ccoc1Cl.